The van der Waals surface area contributed by atoms with Crippen molar-refractivity contribution in [2.45, 2.75) is 47.0 Å². The average molecular weight is 229 g/mol. The van der Waals surface area contributed by atoms with Crippen LogP contribution in [0.5, 0.6) is 0 Å². The van der Waals surface area contributed by atoms with Crippen LogP contribution in [0.4, 0.5) is 0 Å². The molecule has 0 saturated heterocycles. The molecule has 2 atom stereocenters. The van der Waals surface area contributed by atoms with E-state index in [2.05, 4.69) is 33.0 Å². The first-order valence-electron chi connectivity index (χ1n) is 6.79. The fourth-order valence-corrected chi connectivity index (χ4v) is 2.15. The van der Waals surface area contributed by atoms with Gasteiger partial charge in [-0.2, -0.15) is 0 Å². The summed E-state index contributed by atoms with van der Waals surface area (Å²) in [5.41, 5.74) is 0. The SMILES string of the molecule is CCC(C)CC(CNCCOC)CC(C)C. The fraction of sp³-hybridized carbons (Fsp3) is 1.00. The highest BCUT2D eigenvalue weighted by molar-refractivity contribution is 4.67. The molecular formula is C14H31NO. The lowest BCUT2D eigenvalue weighted by atomic mass is 9.88. The second kappa shape index (κ2) is 10.1. The van der Waals surface area contributed by atoms with Crippen molar-refractivity contribution in [2.75, 3.05) is 26.8 Å². The predicted molar refractivity (Wildman–Crippen MR) is 71.8 cm³/mol. The molecule has 2 unspecified atom stereocenters. The van der Waals surface area contributed by atoms with Gasteiger partial charge >= 0.3 is 0 Å². The van der Waals surface area contributed by atoms with Crippen LogP contribution in [-0.2, 0) is 4.74 Å². The van der Waals surface area contributed by atoms with Gasteiger partial charge in [0.15, 0.2) is 0 Å². The lowest BCUT2D eigenvalue weighted by molar-refractivity contribution is 0.195. The molecule has 2 nitrogen and oxygen atoms in total. The van der Waals surface area contributed by atoms with Gasteiger partial charge in [-0.25, -0.2) is 0 Å². The van der Waals surface area contributed by atoms with Gasteiger partial charge < -0.3 is 10.1 Å². The molecule has 0 aliphatic heterocycles. The summed E-state index contributed by atoms with van der Waals surface area (Å²) < 4.78 is 5.04. The summed E-state index contributed by atoms with van der Waals surface area (Å²) in [4.78, 5) is 0. The third-order valence-electron chi connectivity index (χ3n) is 3.15. The third kappa shape index (κ3) is 9.17. The smallest absolute Gasteiger partial charge is 0.0587 e. The molecule has 0 spiro atoms. The van der Waals surface area contributed by atoms with Crippen LogP contribution in [0, 0.1) is 17.8 Å². The van der Waals surface area contributed by atoms with Crippen molar-refractivity contribution in [1.82, 2.24) is 5.32 Å². The van der Waals surface area contributed by atoms with Crippen molar-refractivity contribution in [3.05, 3.63) is 0 Å². The van der Waals surface area contributed by atoms with Crippen molar-refractivity contribution >= 4 is 0 Å². The van der Waals surface area contributed by atoms with Crippen LogP contribution < -0.4 is 5.32 Å². The van der Waals surface area contributed by atoms with Gasteiger partial charge in [0, 0.05) is 13.7 Å². The van der Waals surface area contributed by atoms with Gasteiger partial charge in [-0.05, 0) is 37.1 Å². The summed E-state index contributed by atoms with van der Waals surface area (Å²) in [7, 11) is 1.76. The Morgan fingerprint density at radius 3 is 2.31 bits per heavy atom. The maximum Gasteiger partial charge on any atom is 0.0587 e. The molecule has 0 aromatic rings. The van der Waals surface area contributed by atoms with Gasteiger partial charge in [-0.3, -0.25) is 0 Å². The molecule has 16 heavy (non-hydrogen) atoms. The molecule has 0 bridgehead atoms. The zero-order valence-electron chi connectivity index (χ0n) is 11.9. The minimum Gasteiger partial charge on any atom is -0.383 e. The first kappa shape index (κ1) is 15.9. The fourth-order valence-electron chi connectivity index (χ4n) is 2.15. The highest BCUT2D eigenvalue weighted by Gasteiger charge is 2.13. The van der Waals surface area contributed by atoms with Gasteiger partial charge in [-0.15, -0.1) is 0 Å². The topological polar surface area (TPSA) is 21.3 Å². The van der Waals surface area contributed by atoms with Crippen LogP contribution in [0.15, 0.2) is 0 Å². The molecule has 0 aliphatic rings. The molecule has 0 aliphatic carbocycles. The molecule has 0 fully saturated rings. The monoisotopic (exact) mass is 229 g/mol. The molecule has 0 aromatic heterocycles. The first-order chi connectivity index (χ1) is 7.60. The van der Waals surface area contributed by atoms with Crippen LogP contribution in [0.2, 0.25) is 0 Å². The van der Waals surface area contributed by atoms with Gasteiger partial charge in [0.05, 0.1) is 6.61 Å². The average Bonchev–Trinajstić information content (AvgIpc) is 2.23. The van der Waals surface area contributed by atoms with Crippen LogP contribution in [0.1, 0.15) is 47.0 Å². The molecule has 0 aromatic carbocycles. The first-order valence-corrected chi connectivity index (χ1v) is 6.79. The van der Waals surface area contributed by atoms with Crippen LogP contribution >= 0.6 is 0 Å². The van der Waals surface area contributed by atoms with Crippen molar-refractivity contribution in [3.63, 3.8) is 0 Å². The van der Waals surface area contributed by atoms with Crippen LogP contribution in [0.25, 0.3) is 0 Å². The van der Waals surface area contributed by atoms with Gasteiger partial charge in [0.2, 0.25) is 0 Å². The molecular weight excluding hydrogens is 198 g/mol. The molecule has 1 N–H and O–H groups in total. The second-order valence-electron chi connectivity index (χ2n) is 5.44. The standard InChI is InChI=1S/C14H31NO/c1-6-13(4)10-14(9-12(2)3)11-15-7-8-16-5/h12-15H,6-11H2,1-5H3. The Kier molecular flexibility index (Phi) is 10.0. The quantitative estimate of drug-likeness (QED) is 0.580. The molecule has 98 valence electrons. The van der Waals surface area contributed by atoms with E-state index in [1.54, 1.807) is 7.11 Å². The van der Waals surface area contributed by atoms with Gasteiger partial charge in [0.25, 0.3) is 0 Å². The van der Waals surface area contributed by atoms with E-state index in [4.69, 9.17) is 4.74 Å². The summed E-state index contributed by atoms with van der Waals surface area (Å²) in [5.74, 6) is 2.48. The Labute approximate surface area is 102 Å². The lowest BCUT2D eigenvalue weighted by Crippen LogP contribution is -2.28. The molecule has 0 saturated carbocycles. The molecule has 0 amide bonds. The Hall–Kier alpha value is -0.0800. The predicted octanol–water partition coefficient (Wildman–Crippen LogP) is 3.32. The summed E-state index contributed by atoms with van der Waals surface area (Å²) in [5, 5.41) is 3.50. The minimum absolute atomic E-state index is 0.804. The molecule has 0 heterocycles. The summed E-state index contributed by atoms with van der Waals surface area (Å²) in [6.07, 6.45) is 3.99. The summed E-state index contributed by atoms with van der Waals surface area (Å²) in [6, 6.07) is 0. The minimum atomic E-state index is 0.804. The van der Waals surface area contributed by atoms with E-state index in [0.29, 0.717) is 0 Å². The zero-order chi connectivity index (χ0) is 12.4. The number of rotatable bonds is 10. The Balaban J connectivity index is 3.81. The number of ether oxygens (including phenoxy) is 1. The van der Waals surface area contributed by atoms with E-state index in [-0.39, 0.29) is 0 Å². The van der Waals surface area contributed by atoms with E-state index in [1.165, 1.54) is 19.3 Å². The van der Waals surface area contributed by atoms with Crippen molar-refractivity contribution in [1.29, 1.82) is 0 Å². The number of hydrogen-bond donors (Lipinski definition) is 1. The van der Waals surface area contributed by atoms with E-state index >= 15 is 0 Å². The van der Waals surface area contributed by atoms with Crippen LogP contribution in [-0.4, -0.2) is 26.8 Å². The zero-order valence-corrected chi connectivity index (χ0v) is 11.9. The van der Waals surface area contributed by atoms with Crippen molar-refractivity contribution < 1.29 is 4.74 Å². The van der Waals surface area contributed by atoms with Gasteiger partial charge in [0.1, 0.15) is 0 Å². The Bertz CT molecular complexity index is 148. The van der Waals surface area contributed by atoms with Crippen LogP contribution in [0.3, 0.4) is 0 Å². The number of hydrogen-bond acceptors (Lipinski definition) is 2. The molecule has 0 radical (unpaired) electrons. The molecule has 0 rings (SSSR count). The highest BCUT2D eigenvalue weighted by Crippen LogP contribution is 2.21. The number of methoxy groups -OCH3 is 1. The third-order valence-corrected chi connectivity index (χ3v) is 3.15. The summed E-state index contributed by atoms with van der Waals surface area (Å²) in [6.45, 7) is 12.2. The van der Waals surface area contributed by atoms with Crippen molar-refractivity contribution in [3.8, 4) is 0 Å². The molecule has 2 heteroatoms. The van der Waals surface area contributed by atoms with Gasteiger partial charge in [-0.1, -0.05) is 34.1 Å². The van der Waals surface area contributed by atoms with E-state index in [9.17, 15) is 0 Å². The van der Waals surface area contributed by atoms with E-state index in [0.717, 1.165) is 37.5 Å². The normalized spacial score (nSPS) is 15.4. The lowest BCUT2D eigenvalue weighted by Gasteiger charge is -2.22. The van der Waals surface area contributed by atoms with Crippen molar-refractivity contribution in [2.24, 2.45) is 17.8 Å². The Morgan fingerprint density at radius 1 is 1.12 bits per heavy atom. The van der Waals surface area contributed by atoms with E-state index < -0.39 is 0 Å². The largest absolute Gasteiger partial charge is 0.383 e. The second-order valence-corrected chi connectivity index (χ2v) is 5.44. The maximum atomic E-state index is 5.04. The maximum absolute atomic E-state index is 5.04. The number of nitrogens with one attached hydrogen (secondary N) is 1. The highest BCUT2D eigenvalue weighted by atomic mass is 16.5. The van der Waals surface area contributed by atoms with E-state index in [1.807, 2.05) is 0 Å². The Morgan fingerprint density at radius 2 is 1.81 bits per heavy atom. The summed E-state index contributed by atoms with van der Waals surface area (Å²) >= 11 is 0.